The molecule has 0 radical (unpaired) electrons. The van der Waals surface area contributed by atoms with E-state index in [1.165, 1.54) is 12.1 Å². The summed E-state index contributed by atoms with van der Waals surface area (Å²) in [4.78, 5) is 13.6. The Morgan fingerprint density at radius 1 is 1.16 bits per heavy atom. The van der Waals surface area contributed by atoms with E-state index in [1.54, 1.807) is 42.0 Å². The molecule has 7 nitrogen and oxygen atoms in total. The number of benzene rings is 1. The first-order valence-corrected chi connectivity index (χ1v) is 15.1. The SMILES string of the molecule is C/C=C(Cl)\C=C(\Cl)Cn1nc(C(=O)NN2C(C)CCCC2C)c2c1/C(=C/c1ccc(F)cc1)CS(=O)(=O)C2. The van der Waals surface area contributed by atoms with Crippen molar-refractivity contribution < 1.29 is 17.6 Å². The van der Waals surface area contributed by atoms with Gasteiger partial charge in [0.25, 0.3) is 5.91 Å². The van der Waals surface area contributed by atoms with Gasteiger partial charge in [-0.15, -0.1) is 0 Å². The lowest BCUT2D eigenvalue weighted by atomic mass is 10.00. The molecule has 0 spiro atoms. The second-order valence-electron chi connectivity index (χ2n) is 9.83. The molecule has 11 heteroatoms. The summed E-state index contributed by atoms with van der Waals surface area (Å²) >= 11 is 12.6. The minimum absolute atomic E-state index is 0.0415. The molecule has 2 aliphatic rings. The molecular formula is C27H31Cl2FN4O3S. The number of allylic oxidation sites excluding steroid dienone is 4. The molecule has 4 rings (SSSR count). The minimum atomic E-state index is -3.59. The summed E-state index contributed by atoms with van der Waals surface area (Å²) in [6.45, 7) is 5.96. The number of hydrogen-bond donors (Lipinski definition) is 1. The molecule has 1 saturated heterocycles. The Balaban J connectivity index is 1.82. The molecule has 2 aromatic rings. The molecule has 1 aromatic carbocycles. The van der Waals surface area contributed by atoms with Crippen molar-refractivity contribution >= 4 is 50.6 Å². The number of nitrogens with zero attached hydrogens (tertiary/aromatic N) is 3. The largest absolute Gasteiger partial charge is 0.286 e. The first-order chi connectivity index (χ1) is 18.0. The predicted molar refractivity (Wildman–Crippen MR) is 150 cm³/mol. The molecule has 2 aliphatic heterocycles. The molecule has 38 heavy (non-hydrogen) atoms. The zero-order valence-electron chi connectivity index (χ0n) is 21.5. The summed E-state index contributed by atoms with van der Waals surface area (Å²) in [5, 5.41) is 7.29. The molecule has 1 amide bonds. The van der Waals surface area contributed by atoms with Crippen molar-refractivity contribution in [2.75, 3.05) is 5.75 Å². The van der Waals surface area contributed by atoms with Crippen LogP contribution < -0.4 is 5.43 Å². The van der Waals surface area contributed by atoms with E-state index in [9.17, 15) is 17.6 Å². The topological polar surface area (TPSA) is 84.3 Å². The highest BCUT2D eigenvalue weighted by atomic mass is 35.5. The van der Waals surface area contributed by atoms with Crippen LogP contribution in [0.2, 0.25) is 0 Å². The first-order valence-electron chi connectivity index (χ1n) is 12.5. The van der Waals surface area contributed by atoms with E-state index in [2.05, 4.69) is 10.5 Å². The van der Waals surface area contributed by atoms with Gasteiger partial charge in [0.15, 0.2) is 15.5 Å². The highest BCUT2D eigenvalue weighted by Gasteiger charge is 2.36. The van der Waals surface area contributed by atoms with Crippen LogP contribution in [-0.2, 0) is 22.1 Å². The fourth-order valence-corrected chi connectivity index (χ4v) is 6.90. The number of carbonyl (C=O) groups excluding carboxylic acids is 1. The third kappa shape index (κ3) is 6.57. The number of hydrazine groups is 1. The lowest BCUT2D eigenvalue weighted by molar-refractivity contribution is 0.0365. The summed E-state index contributed by atoms with van der Waals surface area (Å²) in [5.74, 6) is -1.44. The molecule has 204 valence electrons. The third-order valence-corrected chi connectivity index (χ3v) is 8.85. The number of sulfone groups is 1. The standard InChI is InChI=1S/C27H31Cl2FN4O3S/c1-4-21(28)13-22(29)14-33-26-20(12-19-8-10-23(30)11-9-19)15-38(36,37)16-24(26)25(31-33)27(35)32-34-17(2)6-5-7-18(34)3/h4,8-13,17-18H,5-7,14-16H2,1-3H3,(H,32,35)/b20-12+,21-4+,22-13+. The average Bonchev–Trinajstić information content (AvgIpc) is 3.19. The van der Waals surface area contributed by atoms with E-state index in [0.717, 1.165) is 19.3 Å². The van der Waals surface area contributed by atoms with E-state index in [4.69, 9.17) is 23.2 Å². The number of carbonyl (C=O) groups is 1. The maximum absolute atomic E-state index is 13.6. The first kappa shape index (κ1) is 28.5. The van der Waals surface area contributed by atoms with Crippen molar-refractivity contribution in [3.63, 3.8) is 0 Å². The molecule has 1 N–H and O–H groups in total. The normalized spacial score (nSPS) is 23.4. The molecule has 0 saturated carbocycles. The summed E-state index contributed by atoms with van der Waals surface area (Å²) in [6, 6.07) is 6.02. The highest BCUT2D eigenvalue weighted by Crippen LogP contribution is 2.34. The Hall–Kier alpha value is -2.46. The van der Waals surface area contributed by atoms with E-state index < -0.39 is 21.6 Å². The van der Waals surface area contributed by atoms with E-state index in [-0.39, 0.29) is 35.8 Å². The minimum Gasteiger partial charge on any atom is -0.283 e. The van der Waals surface area contributed by atoms with Gasteiger partial charge in [0, 0.05) is 27.7 Å². The van der Waals surface area contributed by atoms with Crippen LogP contribution in [0.25, 0.3) is 11.6 Å². The summed E-state index contributed by atoms with van der Waals surface area (Å²) in [6.07, 6.45) is 7.92. The smallest absolute Gasteiger partial charge is 0.283 e. The monoisotopic (exact) mass is 580 g/mol. The number of halogens is 3. The zero-order valence-corrected chi connectivity index (χ0v) is 23.9. The van der Waals surface area contributed by atoms with Gasteiger partial charge in [-0.05, 0) is 69.0 Å². The number of amides is 1. The van der Waals surface area contributed by atoms with E-state index in [0.29, 0.717) is 32.5 Å². The van der Waals surface area contributed by atoms with Crippen molar-refractivity contribution in [2.45, 2.75) is 64.4 Å². The van der Waals surface area contributed by atoms with Crippen molar-refractivity contribution in [3.8, 4) is 0 Å². The second-order valence-corrected chi connectivity index (χ2v) is 12.8. The summed E-state index contributed by atoms with van der Waals surface area (Å²) in [7, 11) is -3.59. The Kier molecular flexibility index (Phi) is 8.82. The van der Waals surface area contributed by atoms with Crippen molar-refractivity contribution in [1.82, 2.24) is 20.2 Å². The van der Waals surface area contributed by atoms with E-state index in [1.807, 2.05) is 18.9 Å². The van der Waals surface area contributed by atoms with Crippen LogP contribution in [0, 0.1) is 5.82 Å². The van der Waals surface area contributed by atoms with Crippen LogP contribution in [-0.4, -0.2) is 47.0 Å². The predicted octanol–water partition coefficient (Wildman–Crippen LogP) is 5.66. The van der Waals surface area contributed by atoms with Crippen LogP contribution in [0.4, 0.5) is 4.39 Å². The van der Waals surface area contributed by atoms with Crippen LogP contribution in [0.5, 0.6) is 0 Å². The van der Waals surface area contributed by atoms with Gasteiger partial charge in [0.1, 0.15) is 5.82 Å². The van der Waals surface area contributed by atoms with Gasteiger partial charge in [0.2, 0.25) is 0 Å². The lowest BCUT2D eigenvalue weighted by Crippen LogP contribution is -2.54. The number of aromatic nitrogens is 2. The molecule has 1 fully saturated rings. The average molecular weight is 582 g/mol. The van der Waals surface area contributed by atoms with Gasteiger partial charge in [-0.2, -0.15) is 5.10 Å². The van der Waals surface area contributed by atoms with Crippen LogP contribution >= 0.6 is 23.2 Å². The highest BCUT2D eigenvalue weighted by molar-refractivity contribution is 7.91. The quantitative estimate of drug-likeness (QED) is 0.445. The lowest BCUT2D eigenvalue weighted by Gasteiger charge is -2.38. The zero-order chi connectivity index (χ0) is 27.6. The molecule has 0 aliphatic carbocycles. The number of piperidine rings is 1. The van der Waals surface area contributed by atoms with Crippen molar-refractivity contribution in [2.24, 2.45) is 0 Å². The van der Waals surface area contributed by atoms with Gasteiger partial charge in [-0.1, -0.05) is 47.8 Å². The van der Waals surface area contributed by atoms with Gasteiger partial charge < -0.3 is 0 Å². The fourth-order valence-electron chi connectivity index (χ4n) is 4.97. The molecule has 1 aromatic heterocycles. The van der Waals surface area contributed by atoms with Crippen molar-refractivity contribution in [3.05, 3.63) is 74.8 Å². The van der Waals surface area contributed by atoms with Crippen molar-refractivity contribution in [1.29, 1.82) is 0 Å². The Labute approximate surface area is 232 Å². The number of nitrogens with one attached hydrogen (secondary N) is 1. The van der Waals surface area contributed by atoms with Gasteiger partial charge >= 0.3 is 0 Å². The van der Waals surface area contributed by atoms with Crippen LogP contribution in [0.15, 0.2) is 46.5 Å². The Morgan fingerprint density at radius 2 is 1.82 bits per heavy atom. The molecule has 2 atom stereocenters. The molecule has 3 heterocycles. The van der Waals surface area contributed by atoms with Crippen LogP contribution in [0.3, 0.4) is 0 Å². The fraction of sp³-hybridized carbons (Fsp3) is 0.407. The Bertz CT molecular complexity index is 1400. The Morgan fingerprint density at radius 3 is 2.45 bits per heavy atom. The number of fused-ring (bicyclic) bond motifs is 1. The maximum Gasteiger partial charge on any atom is 0.286 e. The summed E-state index contributed by atoms with van der Waals surface area (Å²) < 4.78 is 41.1. The number of hydrogen-bond acceptors (Lipinski definition) is 5. The van der Waals surface area contributed by atoms with E-state index >= 15 is 0 Å². The third-order valence-electron chi connectivity index (χ3n) is 6.82. The molecular weight excluding hydrogens is 550 g/mol. The molecule has 0 bridgehead atoms. The number of rotatable bonds is 6. The maximum atomic E-state index is 13.6. The van der Waals surface area contributed by atoms with Gasteiger partial charge in [-0.25, -0.2) is 17.8 Å². The van der Waals surface area contributed by atoms with Crippen LogP contribution in [0.1, 0.15) is 67.3 Å². The molecule has 2 unspecified atom stereocenters. The van der Waals surface area contributed by atoms with Gasteiger partial charge in [-0.3, -0.25) is 14.9 Å². The second kappa shape index (κ2) is 11.7. The summed E-state index contributed by atoms with van der Waals surface area (Å²) in [5.41, 5.74) is 4.92. The van der Waals surface area contributed by atoms with Gasteiger partial charge in [0.05, 0.1) is 23.7 Å².